The fourth-order valence-corrected chi connectivity index (χ4v) is 3.98. The molecule has 28 heavy (non-hydrogen) atoms. The predicted molar refractivity (Wildman–Crippen MR) is 118 cm³/mol. The van der Waals surface area contributed by atoms with Gasteiger partial charge in [0.15, 0.2) is 0 Å². The number of carbonyl (C=O) groups is 1. The van der Waals surface area contributed by atoms with Crippen LogP contribution in [-0.2, 0) is 4.79 Å². The lowest BCUT2D eigenvalue weighted by molar-refractivity contribution is -0.131. The van der Waals surface area contributed by atoms with Crippen LogP contribution < -0.4 is 11.1 Å². The Morgan fingerprint density at radius 3 is 2.18 bits per heavy atom. The maximum atomic E-state index is 12.6. The molecule has 1 rings (SSSR count). The molecule has 0 aromatic rings. The third-order valence-corrected chi connectivity index (χ3v) is 5.84. The van der Waals surface area contributed by atoms with E-state index < -0.39 is 0 Å². The fraction of sp³-hybridized carbons (Fsp3) is 0.957. The SMILES string of the molecule is NCCCCN1CCCNCCCCCCCC(O)CCCCCCCC1=O. The van der Waals surface area contributed by atoms with Gasteiger partial charge in [0.1, 0.15) is 0 Å². The first-order valence-corrected chi connectivity index (χ1v) is 12.1. The standard InChI is InChI=1S/C23H47N3O2/c24-17-10-12-20-26-21-13-19-25-18-11-6-2-4-8-15-22(27)14-7-3-1-5-9-16-23(26)28/h22,25,27H,1-21,24H2. The van der Waals surface area contributed by atoms with Crippen LogP contribution in [0.25, 0.3) is 0 Å². The molecular formula is C23H47N3O2. The normalized spacial score (nSPS) is 23.9. The van der Waals surface area contributed by atoms with E-state index in [1.54, 1.807) is 0 Å². The van der Waals surface area contributed by atoms with Crippen LogP contribution >= 0.6 is 0 Å². The van der Waals surface area contributed by atoms with Gasteiger partial charge >= 0.3 is 0 Å². The second kappa shape index (κ2) is 18.4. The molecule has 0 saturated carbocycles. The zero-order chi connectivity index (χ0) is 20.3. The number of nitrogens with two attached hydrogens (primary N) is 1. The van der Waals surface area contributed by atoms with Gasteiger partial charge in [-0.15, -0.1) is 0 Å². The second-order valence-electron chi connectivity index (χ2n) is 8.50. The number of aliphatic hydroxyl groups excluding tert-OH is 1. The molecule has 0 spiro atoms. The Morgan fingerprint density at radius 2 is 1.46 bits per heavy atom. The molecule has 0 bridgehead atoms. The lowest BCUT2D eigenvalue weighted by atomic mass is 10.0. The zero-order valence-electron chi connectivity index (χ0n) is 18.3. The van der Waals surface area contributed by atoms with E-state index in [2.05, 4.69) is 10.2 Å². The molecule has 5 heteroatoms. The summed E-state index contributed by atoms with van der Waals surface area (Å²) in [4.78, 5) is 14.7. The Kier molecular flexibility index (Phi) is 16.7. The Morgan fingerprint density at radius 1 is 0.857 bits per heavy atom. The molecule has 4 N–H and O–H groups in total. The molecule has 166 valence electrons. The number of nitrogens with zero attached hydrogens (tertiary/aromatic N) is 1. The van der Waals surface area contributed by atoms with E-state index in [1.165, 1.54) is 38.5 Å². The third-order valence-electron chi connectivity index (χ3n) is 5.84. The maximum Gasteiger partial charge on any atom is 0.222 e. The minimum Gasteiger partial charge on any atom is -0.393 e. The monoisotopic (exact) mass is 397 g/mol. The first-order chi connectivity index (χ1) is 13.7. The highest BCUT2D eigenvalue weighted by atomic mass is 16.3. The van der Waals surface area contributed by atoms with Gasteiger partial charge < -0.3 is 21.1 Å². The van der Waals surface area contributed by atoms with Crippen molar-refractivity contribution in [2.45, 2.75) is 109 Å². The maximum absolute atomic E-state index is 12.6. The Labute approximate surface area is 173 Å². The third kappa shape index (κ3) is 14.4. The highest BCUT2D eigenvalue weighted by molar-refractivity contribution is 5.76. The molecule has 1 fully saturated rings. The highest BCUT2D eigenvalue weighted by Crippen LogP contribution is 2.14. The molecule has 0 radical (unpaired) electrons. The van der Waals surface area contributed by atoms with Gasteiger partial charge in [0.25, 0.3) is 0 Å². The van der Waals surface area contributed by atoms with Crippen LogP contribution in [0.2, 0.25) is 0 Å². The van der Waals surface area contributed by atoms with E-state index in [4.69, 9.17) is 5.73 Å². The van der Waals surface area contributed by atoms with Crippen molar-refractivity contribution in [3.63, 3.8) is 0 Å². The van der Waals surface area contributed by atoms with Crippen molar-refractivity contribution in [3.05, 3.63) is 0 Å². The van der Waals surface area contributed by atoms with Crippen molar-refractivity contribution in [2.24, 2.45) is 5.73 Å². The van der Waals surface area contributed by atoms with Crippen molar-refractivity contribution in [1.82, 2.24) is 10.2 Å². The Balaban J connectivity index is 2.37. The summed E-state index contributed by atoms with van der Waals surface area (Å²) in [5.74, 6) is 0.318. The van der Waals surface area contributed by atoms with E-state index in [9.17, 15) is 9.90 Å². The molecule has 1 heterocycles. The number of aliphatic hydroxyl groups is 1. The summed E-state index contributed by atoms with van der Waals surface area (Å²) in [5.41, 5.74) is 5.61. The predicted octanol–water partition coefficient (Wildman–Crippen LogP) is 3.98. The van der Waals surface area contributed by atoms with Crippen LogP contribution in [0.1, 0.15) is 103 Å². The number of hydrogen-bond donors (Lipinski definition) is 3. The summed E-state index contributed by atoms with van der Waals surface area (Å²) in [7, 11) is 0. The van der Waals surface area contributed by atoms with Gasteiger partial charge in [0, 0.05) is 19.5 Å². The largest absolute Gasteiger partial charge is 0.393 e. The zero-order valence-corrected chi connectivity index (χ0v) is 18.3. The summed E-state index contributed by atoms with van der Waals surface area (Å²) in [6, 6.07) is 0. The molecule has 1 unspecified atom stereocenters. The van der Waals surface area contributed by atoms with Crippen molar-refractivity contribution in [2.75, 3.05) is 32.7 Å². The van der Waals surface area contributed by atoms with Crippen LogP contribution in [0, 0.1) is 0 Å². The van der Waals surface area contributed by atoms with E-state index in [-0.39, 0.29) is 6.10 Å². The van der Waals surface area contributed by atoms with Gasteiger partial charge in [-0.1, -0.05) is 51.4 Å². The number of rotatable bonds is 4. The van der Waals surface area contributed by atoms with Gasteiger partial charge in [0.05, 0.1) is 6.10 Å². The quantitative estimate of drug-likeness (QED) is 0.627. The molecule has 1 atom stereocenters. The minimum atomic E-state index is -0.112. The second-order valence-corrected chi connectivity index (χ2v) is 8.50. The van der Waals surface area contributed by atoms with Crippen molar-refractivity contribution in [1.29, 1.82) is 0 Å². The smallest absolute Gasteiger partial charge is 0.222 e. The van der Waals surface area contributed by atoms with Gasteiger partial charge in [0.2, 0.25) is 5.91 Å². The molecule has 0 aromatic heterocycles. The summed E-state index contributed by atoms with van der Waals surface area (Å²) in [6.45, 7) is 4.50. The number of unbranched alkanes of at least 4 members (excludes halogenated alkanes) is 1. The van der Waals surface area contributed by atoms with E-state index in [0.29, 0.717) is 18.9 Å². The molecule has 5 nitrogen and oxygen atoms in total. The Bertz CT molecular complexity index is 366. The van der Waals surface area contributed by atoms with Crippen LogP contribution in [-0.4, -0.2) is 54.7 Å². The number of amides is 1. The van der Waals surface area contributed by atoms with Crippen LogP contribution in [0.4, 0.5) is 0 Å². The van der Waals surface area contributed by atoms with Crippen molar-refractivity contribution >= 4 is 5.91 Å². The average molecular weight is 398 g/mol. The lowest BCUT2D eigenvalue weighted by Crippen LogP contribution is -2.34. The first kappa shape index (κ1) is 25.4. The lowest BCUT2D eigenvalue weighted by Gasteiger charge is -2.23. The molecule has 1 aliphatic heterocycles. The molecule has 0 aliphatic carbocycles. The topological polar surface area (TPSA) is 78.6 Å². The van der Waals surface area contributed by atoms with Gasteiger partial charge in [-0.2, -0.15) is 0 Å². The molecular weight excluding hydrogens is 350 g/mol. The summed E-state index contributed by atoms with van der Waals surface area (Å²) in [5, 5.41) is 13.6. The fourth-order valence-electron chi connectivity index (χ4n) is 3.98. The molecule has 1 aliphatic rings. The summed E-state index contributed by atoms with van der Waals surface area (Å²) < 4.78 is 0. The molecule has 1 saturated heterocycles. The van der Waals surface area contributed by atoms with Gasteiger partial charge in [-0.05, 0) is 64.6 Å². The number of hydrogen-bond acceptors (Lipinski definition) is 4. The van der Waals surface area contributed by atoms with E-state index in [1.807, 2.05) is 0 Å². The van der Waals surface area contributed by atoms with E-state index >= 15 is 0 Å². The van der Waals surface area contributed by atoms with Crippen molar-refractivity contribution in [3.8, 4) is 0 Å². The van der Waals surface area contributed by atoms with Crippen LogP contribution in [0.5, 0.6) is 0 Å². The molecule has 0 aromatic carbocycles. The van der Waals surface area contributed by atoms with Crippen LogP contribution in [0.15, 0.2) is 0 Å². The van der Waals surface area contributed by atoms with Crippen LogP contribution in [0.3, 0.4) is 0 Å². The highest BCUT2D eigenvalue weighted by Gasteiger charge is 2.12. The van der Waals surface area contributed by atoms with Gasteiger partial charge in [-0.25, -0.2) is 0 Å². The molecule has 1 amide bonds. The van der Waals surface area contributed by atoms with Gasteiger partial charge in [-0.3, -0.25) is 4.79 Å². The summed E-state index contributed by atoms with van der Waals surface area (Å²) >= 11 is 0. The summed E-state index contributed by atoms with van der Waals surface area (Å²) in [6.07, 6.45) is 17.3. The average Bonchev–Trinajstić information content (AvgIpc) is 2.69. The number of carbonyl (C=O) groups excluding carboxylic acids is 1. The van der Waals surface area contributed by atoms with Crippen molar-refractivity contribution < 1.29 is 9.90 Å². The van der Waals surface area contributed by atoms with E-state index in [0.717, 1.165) is 84.0 Å². The minimum absolute atomic E-state index is 0.112. The number of nitrogens with one attached hydrogen (secondary N) is 1. The Hall–Kier alpha value is -0.650. The first-order valence-electron chi connectivity index (χ1n) is 12.1.